The second-order valence-corrected chi connectivity index (χ2v) is 12.9. The number of benzene rings is 3. The maximum Gasteiger partial charge on any atom is 0.309 e. The molecule has 44 heavy (non-hydrogen) atoms. The summed E-state index contributed by atoms with van der Waals surface area (Å²) < 4.78 is 34.7. The average Bonchev–Trinajstić information content (AvgIpc) is 3.63. The Balaban J connectivity index is 1.14. The highest BCUT2D eigenvalue weighted by molar-refractivity contribution is 7.92. The first kappa shape index (κ1) is 30.8. The third kappa shape index (κ3) is 7.64. The van der Waals surface area contributed by atoms with Gasteiger partial charge in [0.25, 0.3) is 15.9 Å². The number of fused-ring (bicyclic) bond motifs is 1. The van der Waals surface area contributed by atoms with Gasteiger partial charge in [-0.3, -0.25) is 9.52 Å². The normalized spacial score (nSPS) is 12.7. The Hall–Kier alpha value is -4.65. The van der Waals surface area contributed by atoms with E-state index in [1.54, 1.807) is 48.5 Å². The fourth-order valence-electron chi connectivity index (χ4n) is 4.80. The number of rotatable bonds is 13. The summed E-state index contributed by atoms with van der Waals surface area (Å²) in [6.07, 6.45) is 1.90. The molecule has 0 spiro atoms. The smallest absolute Gasteiger partial charge is 0.309 e. The van der Waals surface area contributed by atoms with Crippen LogP contribution in [0.3, 0.4) is 0 Å². The summed E-state index contributed by atoms with van der Waals surface area (Å²) in [6.45, 7) is 5.25. The molecule has 5 rings (SSSR count). The maximum atomic E-state index is 12.7. The molecule has 2 heterocycles. The first-order valence-corrected chi connectivity index (χ1v) is 15.6. The van der Waals surface area contributed by atoms with E-state index in [9.17, 15) is 23.4 Å². The number of hydrogen-bond donors (Lipinski definition) is 5. The number of β-amino-alcohol motifs (C(OH)–C–C–N with tert-alkyl or cyclic N) is 1. The van der Waals surface area contributed by atoms with Gasteiger partial charge in [0.1, 0.15) is 5.69 Å². The lowest BCUT2D eigenvalue weighted by molar-refractivity contribution is 0.0950. The van der Waals surface area contributed by atoms with Crippen LogP contribution in [0.2, 0.25) is 0 Å². The van der Waals surface area contributed by atoms with Gasteiger partial charge >= 0.3 is 5.95 Å². The first-order valence-electron chi connectivity index (χ1n) is 14.1. The SMILES string of the molecule is CC(C)(CCn1ccc2cc(C(=O)NCc3cc(O)on3)ccc21)NC[C@H](O)c1cccc(NS(=O)(=O)c2ccccc2)c1. The summed E-state index contributed by atoms with van der Waals surface area (Å²) in [5, 5.41) is 30.9. The van der Waals surface area contributed by atoms with E-state index in [1.165, 1.54) is 18.2 Å². The molecule has 1 amide bonds. The van der Waals surface area contributed by atoms with Crippen LogP contribution in [0.25, 0.3) is 10.9 Å². The van der Waals surface area contributed by atoms with Gasteiger partial charge in [0.15, 0.2) is 0 Å². The van der Waals surface area contributed by atoms with Gasteiger partial charge in [0.05, 0.1) is 17.5 Å². The lowest BCUT2D eigenvalue weighted by atomic mass is 9.99. The summed E-state index contributed by atoms with van der Waals surface area (Å²) in [6, 6.07) is 23.7. The zero-order chi connectivity index (χ0) is 31.3. The van der Waals surface area contributed by atoms with Crippen LogP contribution in [0.4, 0.5) is 5.69 Å². The molecule has 0 saturated carbocycles. The second kappa shape index (κ2) is 12.9. The van der Waals surface area contributed by atoms with Crippen molar-refractivity contribution in [1.82, 2.24) is 20.4 Å². The maximum absolute atomic E-state index is 12.7. The molecule has 0 bridgehead atoms. The number of nitrogens with one attached hydrogen (secondary N) is 3. The van der Waals surface area contributed by atoms with Crippen molar-refractivity contribution in [3.8, 4) is 5.95 Å². The fourth-order valence-corrected chi connectivity index (χ4v) is 5.87. The van der Waals surface area contributed by atoms with E-state index in [-0.39, 0.29) is 35.4 Å². The monoisotopic (exact) mass is 617 g/mol. The summed E-state index contributed by atoms with van der Waals surface area (Å²) in [5.41, 5.74) is 2.58. The number of carbonyl (C=O) groups excluding carboxylic acids is 1. The van der Waals surface area contributed by atoms with Crippen molar-refractivity contribution in [2.24, 2.45) is 0 Å². The zero-order valence-electron chi connectivity index (χ0n) is 24.4. The molecule has 3 aromatic carbocycles. The zero-order valence-corrected chi connectivity index (χ0v) is 25.2. The molecule has 2 aromatic heterocycles. The summed E-state index contributed by atoms with van der Waals surface area (Å²) in [5.74, 6) is -0.561. The van der Waals surface area contributed by atoms with E-state index in [1.807, 2.05) is 24.4 Å². The molecule has 230 valence electrons. The van der Waals surface area contributed by atoms with Crippen molar-refractivity contribution < 1.29 is 27.9 Å². The van der Waals surface area contributed by atoms with E-state index >= 15 is 0 Å². The number of nitrogens with zero attached hydrogens (tertiary/aromatic N) is 2. The lowest BCUT2D eigenvalue weighted by Gasteiger charge is -2.28. The standard InChI is InChI=1S/C32H35N5O6S/c1-32(2,34-21-29(38)23-7-6-8-25(18-23)36-44(41,42)27-9-4-3-5-10-27)14-16-37-15-13-22-17-24(11-12-28(22)37)31(40)33-20-26-19-30(39)43-35-26/h3-13,15,17-19,29,34,36,38-39H,14,16,20-21H2,1-2H3,(H,33,40)/t29-/m0/s1. The molecule has 0 radical (unpaired) electrons. The van der Waals surface area contributed by atoms with Gasteiger partial charge in [-0.2, -0.15) is 0 Å². The molecular formula is C32H35N5O6S. The van der Waals surface area contributed by atoms with E-state index < -0.39 is 16.1 Å². The molecule has 0 aliphatic carbocycles. The number of aromatic hydroxyl groups is 1. The Morgan fingerprint density at radius 3 is 2.57 bits per heavy atom. The Kier molecular flexibility index (Phi) is 9.04. The first-order chi connectivity index (χ1) is 21.0. The van der Waals surface area contributed by atoms with Gasteiger partial charge in [-0.25, -0.2) is 8.42 Å². The number of anilines is 1. The number of amides is 1. The van der Waals surface area contributed by atoms with Crippen LogP contribution in [0, 0.1) is 0 Å². The Morgan fingerprint density at radius 2 is 1.82 bits per heavy atom. The minimum Gasteiger partial charge on any atom is -0.479 e. The van der Waals surface area contributed by atoms with E-state index in [2.05, 4.69) is 43.5 Å². The highest BCUT2D eigenvalue weighted by atomic mass is 32.2. The summed E-state index contributed by atoms with van der Waals surface area (Å²) >= 11 is 0. The van der Waals surface area contributed by atoms with E-state index in [0.29, 0.717) is 29.1 Å². The fraction of sp³-hybridized carbons (Fsp3) is 0.250. The Morgan fingerprint density at radius 1 is 1.02 bits per heavy atom. The predicted molar refractivity (Wildman–Crippen MR) is 167 cm³/mol. The van der Waals surface area contributed by atoms with Gasteiger partial charge in [0.2, 0.25) is 0 Å². The van der Waals surface area contributed by atoms with Crippen LogP contribution >= 0.6 is 0 Å². The number of sulfonamides is 1. The minimum absolute atomic E-state index is 0.136. The van der Waals surface area contributed by atoms with Crippen molar-refractivity contribution in [2.45, 2.75) is 49.9 Å². The topological polar surface area (TPSA) is 159 Å². The second-order valence-electron chi connectivity index (χ2n) is 11.2. The van der Waals surface area contributed by atoms with Gasteiger partial charge < -0.3 is 29.9 Å². The van der Waals surface area contributed by atoms with E-state index in [0.717, 1.165) is 17.3 Å². The van der Waals surface area contributed by atoms with Crippen LogP contribution in [-0.2, 0) is 23.1 Å². The average molecular weight is 618 g/mol. The highest BCUT2D eigenvalue weighted by Gasteiger charge is 2.21. The molecular weight excluding hydrogens is 582 g/mol. The van der Waals surface area contributed by atoms with Gasteiger partial charge in [0, 0.05) is 53.0 Å². The third-order valence-corrected chi connectivity index (χ3v) is 8.74. The summed E-state index contributed by atoms with van der Waals surface area (Å²) in [7, 11) is -3.74. The molecule has 0 fully saturated rings. The Labute approximate surface area is 255 Å². The van der Waals surface area contributed by atoms with Gasteiger partial charge in [-0.1, -0.05) is 35.5 Å². The van der Waals surface area contributed by atoms with Crippen molar-refractivity contribution in [1.29, 1.82) is 0 Å². The Bertz CT molecular complexity index is 1850. The number of carbonyl (C=O) groups is 1. The molecule has 0 aliphatic heterocycles. The van der Waals surface area contributed by atoms with Crippen LogP contribution in [0.1, 0.15) is 48.0 Å². The van der Waals surface area contributed by atoms with Crippen molar-refractivity contribution in [3.05, 3.63) is 108 Å². The summed E-state index contributed by atoms with van der Waals surface area (Å²) in [4.78, 5) is 12.8. The molecule has 0 saturated heterocycles. The lowest BCUT2D eigenvalue weighted by Crippen LogP contribution is -2.42. The molecule has 1 atom stereocenters. The predicted octanol–water partition coefficient (Wildman–Crippen LogP) is 4.56. The quantitative estimate of drug-likeness (QED) is 0.129. The number of aromatic nitrogens is 2. The molecule has 11 nitrogen and oxygen atoms in total. The largest absolute Gasteiger partial charge is 0.479 e. The van der Waals surface area contributed by atoms with Crippen molar-refractivity contribution in [2.75, 3.05) is 11.3 Å². The molecule has 0 aliphatic rings. The number of aliphatic hydroxyl groups is 1. The van der Waals surface area contributed by atoms with Gasteiger partial charge in [-0.05, 0) is 74.4 Å². The highest BCUT2D eigenvalue weighted by Crippen LogP contribution is 2.23. The third-order valence-electron chi connectivity index (χ3n) is 7.34. The van der Waals surface area contributed by atoms with Gasteiger partial charge in [-0.15, -0.1) is 0 Å². The van der Waals surface area contributed by atoms with Crippen LogP contribution < -0.4 is 15.4 Å². The van der Waals surface area contributed by atoms with Crippen LogP contribution in [0.5, 0.6) is 5.95 Å². The molecule has 5 aromatic rings. The molecule has 0 unspecified atom stereocenters. The van der Waals surface area contributed by atoms with E-state index in [4.69, 9.17) is 0 Å². The molecule has 5 N–H and O–H groups in total. The van der Waals surface area contributed by atoms with Crippen molar-refractivity contribution in [3.63, 3.8) is 0 Å². The van der Waals surface area contributed by atoms with Crippen LogP contribution in [0.15, 0.2) is 101 Å². The number of aryl methyl sites for hydroxylation is 1. The van der Waals surface area contributed by atoms with Crippen LogP contribution in [-0.4, -0.2) is 46.3 Å². The number of hydrogen-bond acceptors (Lipinski definition) is 8. The number of aliphatic hydroxyl groups excluding tert-OH is 1. The molecule has 12 heteroatoms. The minimum atomic E-state index is -3.74. The van der Waals surface area contributed by atoms with Crippen molar-refractivity contribution >= 4 is 32.5 Å².